The van der Waals surface area contributed by atoms with Gasteiger partial charge >= 0.3 is 6.03 Å². The number of anilines is 1. The average Bonchev–Trinajstić information content (AvgIpc) is 2.97. The predicted octanol–water partition coefficient (Wildman–Crippen LogP) is 4.61. The largest absolute Gasteiger partial charge is 0.490 e. The van der Waals surface area contributed by atoms with Crippen LogP contribution in [0.1, 0.15) is 12.5 Å². The zero-order valence-electron chi connectivity index (χ0n) is 15.4. The first-order chi connectivity index (χ1) is 13.9. The van der Waals surface area contributed by atoms with Crippen molar-refractivity contribution in [2.75, 3.05) is 18.1 Å². The van der Waals surface area contributed by atoms with Crippen molar-refractivity contribution in [3.63, 3.8) is 0 Å². The van der Waals surface area contributed by atoms with Gasteiger partial charge in [0, 0.05) is 9.50 Å². The van der Waals surface area contributed by atoms with Gasteiger partial charge in [0.1, 0.15) is 12.3 Å². The first-order valence-corrected chi connectivity index (χ1v) is 9.77. The zero-order valence-corrected chi connectivity index (χ0v) is 17.7. The van der Waals surface area contributed by atoms with Gasteiger partial charge in [0.15, 0.2) is 11.5 Å². The highest BCUT2D eigenvalue weighted by Crippen LogP contribution is 2.35. The molecule has 3 rings (SSSR count). The van der Waals surface area contributed by atoms with E-state index in [4.69, 9.17) is 27.5 Å². The van der Waals surface area contributed by atoms with E-state index in [1.54, 1.807) is 42.5 Å². The molecule has 1 fully saturated rings. The lowest BCUT2D eigenvalue weighted by atomic mass is 10.1. The summed E-state index contributed by atoms with van der Waals surface area (Å²) >= 11 is 9.33. The van der Waals surface area contributed by atoms with Gasteiger partial charge in [-0.05, 0) is 55.0 Å². The van der Waals surface area contributed by atoms with E-state index in [0.29, 0.717) is 38.9 Å². The molecule has 0 radical (unpaired) electrons. The van der Waals surface area contributed by atoms with E-state index >= 15 is 0 Å². The second-order valence-electron chi connectivity index (χ2n) is 5.85. The summed E-state index contributed by atoms with van der Waals surface area (Å²) in [5, 5.41) is 3.10. The fraction of sp³-hybridized carbons (Fsp3) is 0.143. The number of amides is 3. The average molecular weight is 476 g/mol. The minimum absolute atomic E-state index is 0.0948. The quantitative estimate of drug-likeness (QED) is 0.376. The number of halogens is 2. The fourth-order valence-corrected chi connectivity index (χ4v) is 3.24. The van der Waals surface area contributed by atoms with Crippen LogP contribution in [0.2, 0.25) is 5.02 Å². The molecule has 8 heteroatoms. The first kappa shape index (κ1) is 20.8. The number of hydrogen-bond acceptors (Lipinski definition) is 4. The summed E-state index contributed by atoms with van der Waals surface area (Å²) in [5.41, 5.74) is 1.18. The Kier molecular flexibility index (Phi) is 6.47. The third kappa shape index (κ3) is 4.56. The van der Waals surface area contributed by atoms with E-state index in [1.807, 2.05) is 6.92 Å². The van der Waals surface area contributed by atoms with Crippen molar-refractivity contribution in [3.8, 4) is 23.8 Å². The molecule has 29 heavy (non-hydrogen) atoms. The van der Waals surface area contributed by atoms with Crippen LogP contribution in [0.4, 0.5) is 10.5 Å². The van der Waals surface area contributed by atoms with Crippen LogP contribution in [-0.2, 0) is 4.79 Å². The molecule has 1 aliphatic rings. The standard InChI is InChI=1S/C21H16BrClN2O4/c1-3-9-29-19-12-16(22)13(11-18(19)28-4-2)10-17-20(26)25(21(27)24-17)15-7-5-14(23)6-8-15/h1,5-8,10-12H,4,9H2,2H3,(H,24,27)/b17-10+. The monoisotopic (exact) mass is 474 g/mol. The first-order valence-electron chi connectivity index (χ1n) is 8.60. The van der Waals surface area contributed by atoms with E-state index in [-0.39, 0.29) is 12.3 Å². The molecule has 0 unspecified atom stereocenters. The number of ether oxygens (including phenoxy) is 2. The maximum Gasteiger partial charge on any atom is 0.333 e. The zero-order chi connectivity index (χ0) is 21.0. The van der Waals surface area contributed by atoms with Gasteiger partial charge in [-0.2, -0.15) is 0 Å². The van der Waals surface area contributed by atoms with Gasteiger partial charge in [0.05, 0.1) is 12.3 Å². The molecule has 2 aromatic carbocycles. The van der Waals surface area contributed by atoms with Crippen molar-refractivity contribution in [3.05, 3.63) is 57.2 Å². The number of imide groups is 1. The maximum atomic E-state index is 12.8. The van der Waals surface area contributed by atoms with Crippen LogP contribution < -0.4 is 19.7 Å². The summed E-state index contributed by atoms with van der Waals surface area (Å²) in [6, 6.07) is 9.29. The van der Waals surface area contributed by atoms with E-state index < -0.39 is 11.9 Å². The van der Waals surface area contributed by atoms with Crippen molar-refractivity contribution < 1.29 is 19.1 Å². The predicted molar refractivity (Wildman–Crippen MR) is 115 cm³/mol. The highest BCUT2D eigenvalue weighted by molar-refractivity contribution is 9.10. The van der Waals surface area contributed by atoms with Gasteiger partial charge in [-0.15, -0.1) is 6.42 Å². The molecule has 1 aliphatic heterocycles. The summed E-state index contributed by atoms with van der Waals surface area (Å²) in [5.74, 6) is 2.88. The Hall–Kier alpha value is -2.95. The second kappa shape index (κ2) is 9.03. The molecule has 0 aliphatic carbocycles. The lowest BCUT2D eigenvalue weighted by molar-refractivity contribution is -0.113. The number of nitrogens with one attached hydrogen (secondary N) is 1. The number of nitrogens with zero attached hydrogens (tertiary/aromatic N) is 1. The Balaban J connectivity index is 1.94. The van der Waals surface area contributed by atoms with Crippen molar-refractivity contribution in [2.45, 2.75) is 6.92 Å². The van der Waals surface area contributed by atoms with E-state index in [1.165, 1.54) is 0 Å². The maximum absolute atomic E-state index is 12.8. The van der Waals surface area contributed by atoms with Crippen LogP contribution in [0.15, 0.2) is 46.6 Å². The Morgan fingerprint density at radius 1 is 1.21 bits per heavy atom. The molecule has 6 nitrogen and oxygen atoms in total. The van der Waals surface area contributed by atoms with Gasteiger partial charge in [0.2, 0.25) is 0 Å². The number of carbonyl (C=O) groups excluding carboxylic acids is 2. The lowest BCUT2D eigenvalue weighted by Crippen LogP contribution is -2.30. The Morgan fingerprint density at radius 2 is 1.90 bits per heavy atom. The SMILES string of the molecule is C#CCOc1cc(Br)c(/C=C2/NC(=O)N(c3ccc(Cl)cc3)C2=O)cc1OCC. The van der Waals surface area contributed by atoms with Gasteiger partial charge in [-0.25, -0.2) is 9.69 Å². The molecule has 0 atom stereocenters. The number of hydrogen-bond donors (Lipinski definition) is 1. The highest BCUT2D eigenvalue weighted by Gasteiger charge is 2.35. The number of terminal acetylenes is 1. The van der Waals surface area contributed by atoms with Crippen LogP contribution in [0.3, 0.4) is 0 Å². The summed E-state index contributed by atoms with van der Waals surface area (Å²) in [6.07, 6.45) is 6.81. The van der Waals surface area contributed by atoms with Crippen molar-refractivity contribution in [1.82, 2.24) is 5.32 Å². The molecule has 3 amide bonds. The Morgan fingerprint density at radius 3 is 2.55 bits per heavy atom. The number of carbonyl (C=O) groups is 2. The van der Waals surface area contributed by atoms with Gasteiger partial charge in [-0.3, -0.25) is 4.79 Å². The smallest absolute Gasteiger partial charge is 0.333 e. The minimum atomic E-state index is -0.543. The van der Waals surface area contributed by atoms with Crippen LogP contribution in [0.5, 0.6) is 11.5 Å². The molecule has 1 saturated heterocycles. The summed E-state index contributed by atoms with van der Waals surface area (Å²) < 4.78 is 11.8. The molecule has 1 N–H and O–H groups in total. The van der Waals surface area contributed by atoms with Crippen molar-refractivity contribution in [2.24, 2.45) is 0 Å². The van der Waals surface area contributed by atoms with Gasteiger partial charge in [0.25, 0.3) is 5.91 Å². The molecule has 0 saturated carbocycles. The molecule has 0 aromatic heterocycles. The van der Waals surface area contributed by atoms with E-state index in [2.05, 4.69) is 27.2 Å². The molecule has 0 spiro atoms. The summed E-state index contributed by atoms with van der Waals surface area (Å²) in [7, 11) is 0. The number of urea groups is 1. The van der Waals surface area contributed by atoms with Crippen LogP contribution in [-0.4, -0.2) is 25.2 Å². The Bertz CT molecular complexity index is 1030. The topological polar surface area (TPSA) is 67.9 Å². The second-order valence-corrected chi connectivity index (χ2v) is 7.14. The van der Waals surface area contributed by atoms with Crippen molar-refractivity contribution in [1.29, 1.82) is 0 Å². The molecular formula is C21H16BrClN2O4. The normalized spacial score (nSPS) is 14.7. The van der Waals surface area contributed by atoms with E-state index in [0.717, 1.165) is 4.90 Å². The third-order valence-electron chi connectivity index (χ3n) is 3.94. The lowest BCUT2D eigenvalue weighted by Gasteiger charge is -2.13. The van der Waals surface area contributed by atoms with E-state index in [9.17, 15) is 9.59 Å². The van der Waals surface area contributed by atoms with Gasteiger partial charge in [-0.1, -0.05) is 33.5 Å². The number of benzene rings is 2. The van der Waals surface area contributed by atoms with Crippen LogP contribution in [0.25, 0.3) is 6.08 Å². The molecule has 148 valence electrons. The molecule has 2 aromatic rings. The van der Waals surface area contributed by atoms with Gasteiger partial charge < -0.3 is 14.8 Å². The highest BCUT2D eigenvalue weighted by atomic mass is 79.9. The fourth-order valence-electron chi connectivity index (χ4n) is 2.68. The number of rotatable bonds is 6. The van der Waals surface area contributed by atoms with Crippen LogP contribution >= 0.6 is 27.5 Å². The minimum Gasteiger partial charge on any atom is -0.490 e. The summed E-state index contributed by atoms with van der Waals surface area (Å²) in [6.45, 7) is 2.36. The summed E-state index contributed by atoms with van der Waals surface area (Å²) in [4.78, 5) is 26.2. The molecular weight excluding hydrogens is 460 g/mol. The molecule has 0 bridgehead atoms. The third-order valence-corrected chi connectivity index (χ3v) is 4.88. The Labute approximate surface area is 181 Å². The van der Waals surface area contributed by atoms with Crippen LogP contribution in [0, 0.1) is 12.3 Å². The van der Waals surface area contributed by atoms with Crippen molar-refractivity contribution >= 4 is 51.2 Å². The molecule has 1 heterocycles.